The molecule has 0 aromatic rings. The Bertz CT molecular complexity index is 257. The Kier molecular flexibility index (Phi) is 4.41. The zero-order valence-electron chi connectivity index (χ0n) is 13.0. The van der Waals surface area contributed by atoms with Gasteiger partial charge in [0, 0.05) is 12.6 Å². The molecular formula is C17H33N. The Morgan fingerprint density at radius 1 is 1.06 bits per heavy atom. The molecule has 18 heavy (non-hydrogen) atoms. The van der Waals surface area contributed by atoms with Crippen molar-refractivity contribution in [2.75, 3.05) is 6.54 Å². The molecule has 0 aromatic carbocycles. The monoisotopic (exact) mass is 251 g/mol. The molecule has 0 saturated heterocycles. The van der Waals surface area contributed by atoms with Crippen molar-refractivity contribution in [3.63, 3.8) is 0 Å². The van der Waals surface area contributed by atoms with Crippen molar-refractivity contribution in [3.8, 4) is 0 Å². The van der Waals surface area contributed by atoms with Gasteiger partial charge in [0.05, 0.1) is 0 Å². The Morgan fingerprint density at radius 2 is 1.67 bits per heavy atom. The van der Waals surface area contributed by atoms with E-state index in [1.807, 2.05) is 0 Å². The van der Waals surface area contributed by atoms with Crippen molar-refractivity contribution in [1.82, 2.24) is 5.32 Å². The third kappa shape index (κ3) is 3.29. The second kappa shape index (κ2) is 5.53. The maximum atomic E-state index is 3.87. The number of rotatable bonds is 6. The third-order valence-corrected chi connectivity index (χ3v) is 6.22. The van der Waals surface area contributed by atoms with Crippen molar-refractivity contribution in [2.24, 2.45) is 16.7 Å². The van der Waals surface area contributed by atoms with Gasteiger partial charge in [0.1, 0.15) is 0 Å². The first-order valence-electron chi connectivity index (χ1n) is 8.25. The number of hydrogen-bond acceptors (Lipinski definition) is 1. The van der Waals surface area contributed by atoms with Crippen molar-refractivity contribution < 1.29 is 0 Å². The molecule has 2 fully saturated rings. The Hall–Kier alpha value is -0.0400. The van der Waals surface area contributed by atoms with Crippen molar-refractivity contribution in [3.05, 3.63) is 0 Å². The molecule has 2 aliphatic rings. The summed E-state index contributed by atoms with van der Waals surface area (Å²) >= 11 is 0. The molecule has 0 aliphatic heterocycles. The Balaban J connectivity index is 1.70. The fourth-order valence-electron chi connectivity index (χ4n) is 3.56. The van der Waals surface area contributed by atoms with Crippen LogP contribution in [0.5, 0.6) is 0 Å². The molecule has 0 atom stereocenters. The van der Waals surface area contributed by atoms with Crippen LogP contribution in [0.3, 0.4) is 0 Å². The fourth-order valence-corrected chi connectivity index (χ4v) is 3.56. The van der Waals surface area contributed by atoms with Gasteiger partial charge in [-0.15, -0.1) is 0 Å². The number of hydrogen-bond donors (Lipinski definition) is 1. The highest BCUT2D eigenvalue weighted by Crippen LogP contribution is 2.48. The molecule has 106 valence electrons. The first kappa shape index (κ1) is 14.4. The SMILES string of the molecule is CCC1(CNC2CCC(C(C)(C)CC)CC2)CC1. The molecular weight excluding hydrogens is 218 g/mol. The van der Waals surface area contributed by atoms with E-state index in [0.29, 0.717) is 10.8 Å². The molecule has 0 heterocycles. The van der Waals surface area contributed by atoms with Crippen molar-refractivity contribution in [2.45, 2.75) is 85.1 Å². The van der Waals surface area contributed by atoms with Crippen LogP contribution in [0.1, 0.15) is 79.1 Å². The standard InChI is InChI=1S/C17H33N/c1-5-16(3,4)14-7-9-15(10-8-14)18-13-17(6-2)11-12-17/h14-15,18H,5-13H2,1-4H3. The summed E-state index contributed by atoms with van der Waals surface area (Å²) < 4.78 is 0. The van der Waals surface area contributed by atoms with E-state index in [2.05, 4.69) is 33.0 Å². The lowest BCUT2D eigenvalue weighted by Gasteiger charge is -2.39. The van der Waals surface area contributed by atoms with Crippen LogP contribution >= 0.6 is 0 Å². The molecule has 2 saturated carbocycles. The number of nitrogens with one attached hydrogen (secondary N) is 1. The predicted octanol–water partition coefficient (Wildman–Crippen LogP) is 4.76. The maximum absolute atomic E-state index is 3.87. The van der Waals surface area contributed by atoms with E-state index in [1.165, 1.54) is 57.9 Å². The van der Waals surface area contributed by atoms with Gasteiger partial charge in [-0.1, -0.05) is 34.1 Å². The minimum atomic E-state index is 0.562. The summed E-state index contributed by atoms with van der Waals surface area (Å²) in [6, 6.07) is 0.818. The topological polar surface area (TPSA) is 12.0 Å². The lowest BCUT2D eigenvalue weighted by molar-refractivity contribution is 0.135. The minimum Gasteiger partial charge on any atom is -0.313 e. The summed E-state index contributed by atoms with van der Waals surface area (Å²) in [5, 5.41) is 3.87. The van der Waals surface area contributed by atoms with Crippen LogP contribution in [-0.4, -0.2) is 12.6 Å². The van der Waals surface area contributed by atoms with Gasteiger partial charge in [-0.2, -0.15) is 0 Å². The van der Waals surface area contributed by atoms with E-state index in [1.54, 1.807) is 0 Å². The van der Waals surface area contributed by atoms with Gasteiger partial charge in [0.25, 0.3) is 0 Å². The zero-order chi connectivity index (χ0) is 13.2. The van der Waals surface area contributed by atoms with E-state index in [0.717, 1.165) is 12.0 Å². The highest BCUT2D eigenvalue weighted by molar-refractivity contribution is 4.95. The normalized spacial score (nSPS) is 31.3. The van der Waals surface area contributed by atoms with Gasteiger partial charge in [-0.05, 0) is 61.7 Å². The van der Waals surface area contributed by atoms with Crippen LogP contribution in [0.15, 0.2) is 0 Å². The summed E-state index contributed by atoms with van der Waals surface area (Å²) in [5.41, 5.74) is 1.27. The summed E-state index contributed by atoms with van der Waals surface area (Å²) in [4.78, 5) is 0. The van der Waals surface area contributed by atoms with E-state index in [4.69, 9.17) is 0 Å². The third-order valence-electron chi connectivity index (χ3n) is 6.22. The van der Waals surface area contributed by atoms with Crippen LogP contribution in [0.25, 0.3) is 0 Å². The summed E-state index contributed by atoms with van der Waals surface area (Å²) in [6.07, 6.45) is 11.3. The molecule has 2 rings (SSSR count). The molecule has 0 aromatic heterocycles. The first-order chi connectivity index (χ1) is 8.51. The Morgan fingerprint density at radius 3 is 2.11 bits per heavy atom. The summed E-state index contributed by atoms with van der Waals surface area (Å²) in [6.45, 7) is 10.9. The predicted molar refractivity (Wildman–Crippen MR) is 79.8 cm³/mol. The van der Waals surface area contributed by atoms with Crippen LogP contribution < -0.4 is 5.32 Å². The van der Waals surface area contributed by atoms with E-state index in [9.17, 15) is 0 Å². The largest absolute Gasteiger partial charge is 0.313 e. The Labute approximate surface area is 114 Å². The van der Waals surface area contributed by atoms with Crippen LogP contribution in [0, 0.1) is 16.7 Å². The van der Waals surface area contributed by atoms with Gasteiger partial charge >= 0.3 is 0 Å². The quantitative estimate of drug-likeness (QED) is 0.717. The molecule has 1 nitrogen and oxygen atoms in total. The van der Waals surface area contributed by atoms with Crippen LogP contribution in [0.2, 0.25) is 0 Å². The van der Waals surface area contributed by atoms with Gasteiger partial charge < -0.3 is 5.32 Å². The maximum Gasteiger partial charge on any atom is 0.00675 e. The fraction of sp³-hybridized carbons (Fsp3) is 1.00. The lowest BCUT2D eigenvalue weighted by atomic mass is 9.69. The van der Waals surface area contributed by atoms with E-state index in [-0.39, 0.29) is 0 Å². The smallest absolute Gasteiger partial charge is 0.00675 e. The average molecular weight is 251 g/mol. The first-order valence-corrected chi connectivity index (χ1v) is 8.25. The molecule has 0 bridgehead atoms. The van der Waals surface area contributed by atoms with E-state index < -0.39 is 0 Å². The zero-order valence-corrected chi connectivity index (χ0v) is 13.0. The second-order valence-electron chi connectivity index (χ2n) is 7.63. The van der Waals surface area contributed by atoms with Gasteiger partial charge in [0.15, 0.2) is 0 Å². The molecule has 0 amide bonds. The lowest BCUT2D eigenvalue weighted by Crippen LogP contribution is -2.39. The molecule has 0 unspecified atom stereocenters. The van der Waals surface area contributed by atoms with Crippen molar-refractivity contribution >= 4 is 0 Å². The second-order valence-corrected chi connectivity index (χ2v) is 7.63. The highest BCUT2D eigenvalue weighted by Gasteiger charge is 2.41. The molecule has 1 heteroatoms. The minimum absolute atomic E-state index is 0.562. The van der Waals surface area contributed by atoms with Crippen LogP contribution in [-0.2, 0) is 0 Å². The molecule has 0 radical (unpaired) electrons. The molecule has 1 N–H and O–H groups in total. The summed E-state index contributed by atoms with van der Waals surface area (Å²) in [7, 11) is 0. The van der Waals surface area contributed by atoms with Crippen LogP contribution in [0.4, 0.5) is 0 Å². The van der Waals surface area contributed by atoms with Gasteiger partial charge in [-0.3, -0.25) is 0 Å². The molecule has 2 aliphatic carbocycles. The summed E-state index contributed by atoms with van der Waals surface area (Å²) in [5.74, 6) is 0.960. The highest BCUT2D eigenvalue weighted by atomic mass is 14.9. The van der Waals surface area contributed by atoms with E-state index >= 15 is 0 Å². The van der Waals surface area contributed by atoms with Crippen molar-refractivity contribution in [1.29, 1.82) is 0 Å². The molecule has 0 spiro atoms. The van der Waals surface area contributed by atoms with Gasteiger partial charge in [-0.25, -0.2) is 0 Å². The van der Waals surface area contributed by atoms with Gasteiger partial charge in [0.2, 0.25) is 0 Å². The average Bonchev–Trinajstić information content (AvgIpc) is 3.18.